The van der Waals surface area contributed by atoms with Crippen LogP contribution in [-0.2, 0) is 16.1 Å². The number of hydrogen-bond donors (Lipinski definition) is 0. The molecular formula is C14H22N4O2S. The van der Waals surface area contributed by atoms with Gasteiger partial charge in [0.25, 0.3) is 0 Å². The monoisotopic (exact) mass is 310 g/mol. The number of aryl methyl sites for hydroxylation is 1. The average Bonchev–Trinajstić information content (AvgIpc) is 2.93. The van der Waals surface area contributed by atoms with Gasteiger partial charge in [0.05, 0.1) is 25.8 Å². The number of carbonyl (C=O) groups excluding carboxylic acids is 1. The zero-order valence-corrected chi connectivity index (χ0v) is 13.3. The van der Waals surface area contributed by atoms with Crippen LogP contribution in [0, 0.1) is 6.92 Å². The van der Waals surface area contributed by atoms with Gasteiger partial charge in [-0.1, -0.05) is 6.42 Å². The maximum Gasteiger partial charge on any atom is 0.240 e. The average molecular weight is 310 g/mol. The minimum absolute atomic E-state index is 0.000978. The highest BCUT2D eigenvalue weighted by molar-refractivity contribution is 7.11. The van der Waals surface area contributed by atoms with Crippen LogP contribution < -0.4 is 0 Å². The predicted molar refractivity (Wildman–Crippen MR) is 80.1 cm³/mol. The third-order valence-corrected chi connectivity index (χ3v) is 4.95. The third-order valence-electron chi connectivity index (χ3n) is 4.13. The molecule has 0 bridgehead atoms. The number of aromatic nitrogens is 2. The molecule has 0 N–H and O–H groups in total. The highest BCUT2D eigenvalue weighted by atomic mass is 32.1. The molecule has 3 rings (SSSR count). The van der Waals surface area contributed by atoms with Crippen LogP contribution in [0.1, 0.15) is 29.3 Å². The van der Waals surface area contributed by atoms with Gasteiger partial charge in [0, 0.05) is 13.1 Å². The molecule has 0 aliphatic carbocycles. The van der Waals surface area contributed by atoms with Crippen LogP contribution in [0.2, 0.25) is 0 Å². The molecule has 0 saturated carbocycles. The quantitative estimate of drug-likeness (QED) is 0.835. The van der Waals surface area contributed by atoms with Gasteiger partial charge in [-0.05, 0) is 26.3 Å². The van der Waals surface area contributed by atoms with Crippen LogP contribution in [0.25, 0.3) is 0 Å². The van der Waals surface area contributed by atoms with Crippen molar-refractivity contribution in [2.24, 2.45) is 0 Å². The lowest BCUT2D eigenvalue weighted by Crippen LogP contribution is -2.53. The van der Waals surface area contributed by atoms with Crippen LogP contribution in [-0.4, -0.2) is 64.8 Å². The molecule has 0 radical (unpaired) electrons. The lowest BCUT2D eigenvalue weighted by atomic mass is 10.0. The molecule has 2 aliphatic rings. The van der Waals surface area contributed by atoms with Crippen LogP contribution >= 0.6 is 11.3 Å². The fourth-order valence-electron chi connectivity index (χ4n) is 3.03. The second kappa shape index (κ2) is 6.81. The van der Waals surface area contributed by atoms with Crippen molar-refractivity contribution in [3.63, 3.8) is 0 Å². The molecule has 6 nitrogen and oxygen atoms in total. The molecule has 2 aliphatic heterocycles. The van der Waals surface area contributed by atoms with Crippen molar-refractivity contribution in [1.29, 1.82) is 0 Å². The highest BCUT2D eigenvalue weighted by Crippen LogP contribution is 2.22. The van der Waals surface area contributed by atoms with Gasteiger partial charge in [-0.25, -0.2) is 0 Å². The molecule has 116 valence electrons. The second-order valence-electron chi connectivity index (χ2n) is 5.63. The van der Waals surface area contributed by atoms with E-state index in [1.54, 1.807) is 11.3 Å². The molecule has 1 amide bonds. The van der Waals surface area contributed by atoms with E-state index < -0.39 is 0 Å². The molecule has 7 heteroatoms. The number of piperidine rings is 1. The van der Waals surface area contributed by atoms with Gasteiger partial charge in [0.1, 0.15) is 10.0 Å². The summed E-state index contributed by atoms with van der Waals surface area (Å²) in [6.07, 6.45) is 3.24. The largest absolute Gasteiger partial charge is 0.378 e. The summed E-state index contributed by atoms with van der Waals surface area (Å²) in [5.41, 5.74) is 0. The summed E-state index contributed by atoms with van der Waals surface area (Å²) in [5.74, 6) is 0.263. The zero-order chi connectivity index (χ0) is 14.7. The smallest absolute Gasteiger partial charge is 0.240 e. The molecule has 0 spiro atoms. The number of amides is 1. The number of ether oxygens (including phenoxy) is 1. The van der Waals surface area contributed by atoms with Gasteiger partial charge in [-0.3, -0.25) is 9.69 Å². The van der Waals surface area contributed by atoms with Crippen molar-refractivity contribution in [1.82, 2.24) is 20.0 Å². The first-order valence-corrected chi connectivity index (χ1v) is 8.45. The van der Waals surface area contributed by atoms with E-state index in [2.05, 4.69) is 15.1 Å². The summed E-state index contributed by atoms with van der Waals surface area (Å²) >= 11 is 1.62. The first kappa shape index (κ1) is 14.9. The fraction of sp³-hybridized carbons (Fsp3) is 0.786. The van der Waals surface area contributed by atoms with E-state index in [0.717, 1.165) is 55.5 Å². The molecular weight excluding hydrogens is 288 g/mol. The van der Waals surface area contributed by atoms with Crippen molar-refractivity contribution in [3.05, 3.63) is 10.0 Å². The molecule has 3 heterocycles. The van der Waals surface area contributed by atoms with Gasteiger partial charge < -0.3 is 9.64 Å². The van der Waals surface area contributed by atoms with Crippen LogP contribution in [0.5, 0.6) is 0 Å². The Kier molecular flexibility index (Phi) is 4.82. The van der Waals surface area contributed by atoms with E-state index in [1.807, 2.05) is 11.8 Å². The fourth-order valence-corrected chi connectivity index (χ4v) is 3.76. The highest BCUT2D eigenvalue weighted by Gasteiger charge is 2.33. The van der Waals surface area contributed by atoms with Gasteiger partial charge >= 0.3 is 0 Å². The van der Waals surface area contributed by atoms with E-state index in [-0.39, 0.29) is 11.9 Å². The van der Waals surface area contributed by atoms with Crippen molar-refractivity contribution in [2.45, 2.75) is 38.8 Å². The van der Waals surface area contributed by atoms with Crippen LogP contribution in [0.15, 0.2) is 0 Å². The third kappa shape index (κ3) is 3.59. The van der Waals surface area contributed by atoms with Crippen molar-refractivity contribution >= 4 is 17.2 Å². The molecule has 0 aromatic carbocycles. The molecule has 21 heavy (non-hydrogen) atoms. The minimum atomic E-state index is 0.000978. The molecule has 1 aromatic rings. The van der Waals surface area contributed by atoms with Crippen LogP contribution in [0.3, 0.4) is 0 Å². The minimum Gasteiger partial charge on any atom is -0.378 e. The van der Waals surface area contributed by atoms with Gasteiger partial charge in [-0.15, -0.1) is 21.5 Å². The molecule has 2 fully saturated rings. The Labute approximate surface area is 129 Å². The number of carbonyl (C=O) groups is 1. The Hall–Kier alpha value is -1.05. The van der Waals surface area contributed by atoms with Crippen LogP contribution in [0.4, 0.5) is 0 Å². The summed E-state index contributed by atoms with van der Waals surface area (Å²) in [5, 5.41) is 10.3. The number of rotatable bonds is 3. The Balaban J connectivity index is 1.67. The molecule has 1 atom stereocenters. The Morgan fingerprint density at radius 2 is 2.10 bits per heavy atom. The number of nitrogens with zero attached hydrogens (tertiary/aromatic N) is 4. The first-order valence-electron chi connectivity index (χ1n) is 7.63. The summed E-state index contributed by atoms with van der Waals surface area (Å²) in [7, 11) is 0. The summed E-state index contributed by atoms with van der Waals surface area (Å²) in [6.45, 7) is 6.45. The molecule has 0 unspecified atom stereocenters. The standard InChI is InChI=1S/C14H22N4O2S/c1-11-15-16-13(21-11)10-18-5-3-2-4-12(18)14(19)17-6-8-20-9-7-17/h12H,2-10H2,1H3/t12-/m0/s1. The normalized spacial score (nSPS) is 24.2. The summed E-state index contributed by atoms with van der Waals surface area (Å²) < 4.78 is 5.34. The van der Waals surface area contributed by atoms with E-state index in [0.29, 0.717) is 13.2 Å². The topological polar surface area (TPSA) is 58.6 Å². The lowest BCUT2D eigenvalue weighted by Gasteiger charge is -2.38. The van der Waals surface area contributed by atoms with Crippen molar-refractivity contribution in [3.8, 4) is 0 Å². The van der Waals surface area contributed by atoms with E-state index >= 15 is 0 Å². The number of likely N-dealkylation sites (tertiary alicyclic amines) is 1. The maximum absolute atomic E-state index is 12.8. The molecule has 2 saturated heterocycles. The Morgan fingerprint density at radius 1 is 1.29 bits per heavy atom. The number of hydrogen-bond acceptors (Lipinski definition) is 6. The van der Waals surface area contributed by atoms with E-state index in [4.69, 9.17) is 4.74 Å². The summed E-state index contributed by atoms with van der Waals surface area (Å²) in [6, 6.07) is 0.000978. The summed E-state index contributed by atoms with van der Waals surface area (Å²) in [4.78, 5) is 17.0. The number of morpholine rings is 1. The Morgan fingerprint density at radius 3 is 2.81 bits per heavy atom. The van der Waals surface area contributed by atoms with E-state index in [9.17, 15) is 4.79 Å². The first-order chi connectivity index (χ1) is 10.2. The zero-order valence-electron chi connectivity index (χ0n) is 12.5. The van der Waals surface area contributed by atoms with Crippen molar-refractivity contribution < 1.29 is 9.53 Å². The second-order valence-corrected chi connectivity index (χ2v) is 6.90. The van der Waals surface area contributed by atoms with Gasteiger partial charge in [-0.2, -0.15) is 0 Å². The van der Waals surface area contributed by atoms with E-state index in [1.165, 1.54) is 0 Å². The predicted octanol–water partition coefficient (Wildman–Crippen LogP) is 1.06. The molecule has 1 aromatic heterocycles. The Bertz CT molecular complexity index is 487. The maximum atomic E-state index is 12.8. The van der Waals surface area contributed by atoms with Crippen molar-refractivity contribution in [2.75, 3.05) is 32.8 Å². The SMILES string of the molecule is Cc1nnc(CN2CCCC[C@H]2C(=O)N2CCOCC2)s1. The van der Waals surface area contributed by atoms with Gasteiger partial charge in [0.15, 0.2) is 0 Å². The lowest BCUT2D eigenvalue weighted by molar-refractivity contribution is -0.142. The van der Waals surface area contributed by atoms with Gasteiger partial charge in [0.2, 0.25) is 5.91 Å².